The van der Waals surface area contributed by atoms with Gasteiger partial charge in [0.1, 0.15) is 6.61 Å². The quantitative estimate of drug-likeness (QED) is 0.327. The maximum Gasteiger partial charge on any atom is 0.233 e. The normalized spacial score (nSPS) is 14.7. The van der Waals surface area contributed by atoms with Gasteiger partial charge in [-0.2, -0.15) is 0 Å². The van der Waals surface area contributed by atoms with E-state index >= 15 is 0 Å². The first-order chi connectivity index (χ1) is 16.1. The summed E-state index contributed by atoms with van der Waals surface area (Å²) < 4.78 is 13.7. The van der Waals surface area contributed by atoms with Gasteiger partial charge in [0.15, 0.2) is 28.6 Å². The number of halogens is 1. The molecule has 33 heavy (non-hydrogen) atoms. The number of carbonyl (C=O) groups is 1. The van der Waals surface area contributed by atoms with Crippen molar-refractivity contribution in [1.82, 2.24) is 19.7 Å². The average molecular weight is 485 g/mol. The van der Waals surface area contributed by atoms with Crippen LogP contribution in [0.1, 0.15) is 6.92 Å². The molecule has 0 saturated carbocycles. The molecule has 0 saturated heterocycles. The fraction of sp³-hybridized carbons (Fsp3) is 0.292. The fourth-order valence-corrected chi connectivity index (χ4v) is 4.50. The van der Waals surface area contributed by atoms with Crippen LogP contribution in [0.25, 0.3) is 11.4 Å². The topological polar surface area (TPSA) is 69.5 Å². The summed E-state index contributed by atoms with van der Waals surface area (Å²) >= 11 is 7.37. The predicted octanol–water partition coefficient (Wildman–Crippen LogP) is 4.57. The van der Waals surface area contributed by atoms with E-state index in [1.165, 1.54) is 11.8 Å². The van der Waals surface area contributed by atoms with Crippen molar-refractivity contribution in [1.29, 1.82) is 0 Å². The summed E-state index contributed by atoms with van der Waals surface area (Å²) in [5.74, 6) is 2.40. The summed E-state index contributed by atoms with van der Waals surface area (Å²) in [6, 6.07) is 15.0. The van der Waals surface area contributed by atoms with E-state index in [4.69, 9.17) is 21.1 Å². The molecular formula is C24H25ClN4O3S. The highest BCUT2D eigenvalue weighted by Gasteiger charge is 2.25. The molecule has 1 amide bonds. The molecule has 4 rings (SSSR count). The molecule has 0 spiro atoms. The van der Waals surface area contributed by atoms with E-state index < -0.39 is 0 Å². The predicted molar refractivity (Wildman–Crippen MR) is 130 cm³/mol. The third kappa shape index (κ3) is 5.51. The van der Waals surface area contributed by atoms with Crippen LogP contribution in [0.3, 0.4) is 0 Å². The lowest BCUT2D eigenvalue weighted by atomic mass is 10.2. The number of amides is 1. The highest BCUT2D eigenvalue weighted by atomic mass is 35.5. The summed E-state index contributed by atoms with van der Waals surface area (Å²) in [5, 5.41) is 9.96. The van der Waals surface area contributed by atoms with E-state index in [9.17, 15) is 4.79 Å². The van der Waals surface area contributed by atoms with Crippen molar-refractivity contribution in [3.05, 3.63) is 66.2 Å². The number of hydrogen-bond donors (Lipinski definition) is 0. The molecule has 3 aromatic rings. The Kier molecular flexibility index (Phi) is 7.57. The monoisotopic (exact) mass is 484 g/mol. The van der Waals surface area contributed by atoms with Gasteiger partial charge in [-0.05, 0) is 43.3 Å². The van der Waals surface area contributed by atoms with Crippen molar-refractivity contribution in [2.24, 2.45) is 0 Å². The molecule has 0 fully saturated rings. The Hall–Kier alpha value is -2.97. The van der Waals surface area contributed by atoms with Crippen molar-refractivity contribution in [2.75, 3.05) is 25.4 Å². The lowest BCUT2D eigenvalue weighted by Crippen LogP contribution is -2.44. The first-order valence-corrected chi connectivity index (χ1v) is 12.0. The first kappa shape index (κ1) is 23.2. The zero-order valence-electron chi connectivity index (χ0n) is 18.3. The zero-order valence-corrected chi connectivity index (χ0v) is 19.9. The molecule has 0 radical (unpaired) electrons. The minimum Gasteiger partial charge on any atom is -0.486 e. The van der Waals surface area contributed by atoms with Crippen molar-refractivity contribution < 1.29 is 14.3 Å². The van der Waals surface area contributed by atoms with Gasteiger partial charge in [-0.1, -0.05) is 41.6 Å². The summed E-state index contributed by atoms with van der Waals surface area (Å²) in [6.07, 6.45) is 1.57. The molecule has 1 unspecified atom stereocenters. The summed E-state index contributed by atoms with van der Waals surface area (Å²) in [5.41, 5.74) is 0.900. The van der Waals surface area contributed by atoms with Crippen LogP contribution < -0.4 is 9.47 Å². The molecule has 0 N–H and O–H groups in total. The fourth-order valence-electron chi connectivity index (χ4n) is 3.53. The molecule has 9 heteroatoms. The standard InChI is InChI=1S/C24H25ClN4O3S/c1-3-13-29-23(17-9-11-18(25)12-10-17)26-27-24(29)33-16-22(30)28(4-2)14-19-15-31-20-7-5-6-8-21(20)32-19/h3,5-12,19H,1,4,13-16H2,2H3. The second-order valence-corrected chi connectivity index (χ2v) is 8.81. The van der Waals surface area contributed by atoms with E-state index in [-0.39, 0.29) is 17.8 Å². The Labute approximate surface area is 202 Å². The lowest BCUT2D eigenvalue weighted by molar-refractivity contribution is -0.129. The molecule has 1 aliphatic heterocycles. The van der Waals surface area contributed by atoms with Crippen LogP contribution in [0.15, 0.2) is 66.3 Å². The number of likely N-dealkylation sites (N-methyl/N-ethyl adjacent to an activating group) is 1. The summed E-state index contributed by atoms with van der Waals surface area (Å²) in [7, 11) is 0. The number of ether oxygens (including phenoxy) is 2. The van der Waals surface area contributed by atoms with Gasteiger partial charge in [-0.3, -0.25) is 9.36 Å². The van der Waals surface area contributed by atoms with E-state index in [0.717, 1.165) is 11.3 Å². The molecular weight excluding hydrogens is 460 g/mol. The second-order valence-electron chi connectivity index (χ2n) is 7.43. The van der Waals surface area contributed by atoms with E-state index in [2.05, 4.69) is 16.8 Å². The number of allylic oxidation sites excluding steroid dienone is 1. The first-order valence-electron chi connectivity index (χ1n) is 10.7. The maximum absolute atomic E-state index is 13.0. The molecule has 2 heterocycles. The summed E-state index contributed by atoms with van der Waals surface area (Å²) in [4.78, 5) is 14.7. The van der Waals surface area contributed by atoms with E-state index in [1.807, 2.05) is 60.0 Å². The molecule has 1 aromatic heterocycles. The molecule has 0 aliphatic carbocycles. The molecule has 1 atom stereocenters. The minimum atomic E-state index is -0.213. The van der Waals surface area contributed by atoms with Gasteiger partial charge in [-0.15, -0.1) is 16.8 Å². The van der Waals surface area contributed by atoms with Crippen LogP contribution in [0.4, 0.5) is 0 Å². The van der Waals surface area contributed by atoms with Crippen LogP contribution in [0.5, 0.6) is 11.5 Å². The van der Waals surface area contributed by atoms with Gasteiger partial charge in [-0.25, -0.2) is 0 Å². The smallest absolute Gasteiger partial charge is 0.233 e. The molecule has 0 bridgehead atoms. The molecule has 7 nitrogen and oxygen atoms in total. The third-order valence-electron chi connectivity index (χ3n) is 5.18. The van der Waals surface area contributed by atoms with Crippen molar-refractivity contribution in [3.8, 4) is 22.9 Å². The lowest BCUT2D eigenvalue weighted by Gasteiger charge is -2.30. The van der Waals surface area contributed by atoms with Gasteiger partial charge in [0.05, 0.1) is 12.3 Å². The van der Waals surface area contributed by atoms with Gasteiger partial charge < -0.3 is 14.4 Å². The largest absolute Gasteiger partial charge is 0.486 e. The molecule has 172 valence electrons. The summed E-state index contributed by atoms with van der Waals surface area (Å²) in [6.45, 7) is 7.77. The molecule has 1 aliphatic rings. The van der Waals surface area contributed by atoms with E-state index in [1.54, 1.807) is 11.0 Å². The van der Waals surface area contributed by atoms with Gasteiger partial charge in [0.2, 0.25) is 5.91 Å². The Morgan fingerprint density at radius 2 is 2.00 bits per heavy atom. The third-order valence-corrected chi connectivity index (χ3v) is 6.39. The Morgan fingerprint density at radius 1 is 1.24 bits per heavy atom. The Morgan fingerprint density at radius 3 is 2.73 bits per heavy atom. The number of hydrogen-bond acceptors (Lipinski definition) is 6. The van der Waals surface area contributed by atoms with Crippen molar-refractivity contribution in [3.63, 3.8) is 0 Å². The van der Waals surface area contributed by atoms with E-state index in [0.29, 0.717) is 48.0 Å². The second kappa shape index (κ2) is 10.8. The number of rotatable bonds is 9. The molecule has 2 aromatic carbocycles. The number of nitrogens with zero attached hydrogens (tertiary/aromatic N) is 4. The number of benzene rings is 2. The maximum atomic E-state index is 13.0. The van der Waals surface area contributed by atoms with Crippen LogP contribution in [-0.4, -0.2) is 57.1 Å². The number of aromatic nitrogens is 3. The number of thioether (sulfide) groups is 1. The SMILES string of the molecule is C=CCn1c(SCC(=O)N(CC)CC2COc3ccccc3O2)nnc1-c1ccc(Cl)cc1. The van der Waals surface area contributed by atoms with Crippen LogP contribution in [-0.2, 0) is 11.3 Å². The Balaban J connectivity index is 1.40. The van der Waals surface area contributed by atoms with Crippen molar-refractivity contribution >= 4 is 29.3 Å². The van der Waals surface area contributed by atoms with Gasteiger partial charge in [0.25, 0.3) is 0 Å². The highest BCUT2D eigenvalue weighted by molar-refractivity contribution is 7.99. The van der Waals surface area contributed by atoms with Crippen LogP contribution in [0, 0.1) is 0 Å². The number of carbonyl (C=O) groups excluding carboxylic acids is 1. The highest BCUT2D eigenvalue weighted by Crippen LogP contribution is 2.31. The van der Waals surface area contributed by atoms with Crippen LogP contribution in [0.2, 0.25) is 5.02 Å². The van der Waals surface area contributed by atoms with Crippen molar-refractivity contribution in [2.45, 2.75) is 24.7 Å². The number of para-hydroxylation sites is 2. The van der Waals surface area contributed by atoms with Crippen LogP contribution >= 0.6 is 23.4 Å². The van der Waals surface area contributed by atoms with Gasteiger partial charge in [0, 0.05) is 23.7 Å². The number of fused-ring (bicyclic) bond motifs is 1. The Bertz CT molecular complexity index is 1120. The minimum absolute atomic E-state index is 0.00570. The zero-order chi connectivity index (χ0) is 23.2. The average Bonchev–Trinajstić information content (AvgIpc) is 3.24. The van der Waals surface area contributed by atoms with Gasteiger partial charge >= 0.3 is 0 Å².